The van der Waals surface area contributed by atoms with E-state index in [1.165, 1.54) is 17.4 Å². The largest absolute Gasteiger partial charge is 0.416 e. The van der Waals surface area contributed by atoms with Gasteiger partial charge < -0.3 is 10.6 Å². The number of alkyl halides is 3. The normalized spacial score (nSPS) is 11.6. The Morgan fingerprint density at radius 3 is 2.63 bits per heavy atom. The molecule has 0 aliphatic rings. The fraction of sp³-hybridized carbons (Fsp3) is 0.250. The van der Waals surface area contributed by atoms with Gasteiger partial charge in [-0.3, -0.25) is 0 Å². The van der Waals surface area contributed by atoms with Crippen molar-refractivity contribution in [2.75, 3.05) is 17.7 Å². The molecule has 1 aromatic heterocycles. The second-order valence-electron chi connectivity index (χ2n) is 4.11. The molecule has 0 atom stereocenters. The van der Waals surface area contributed by atoms with E-state index in [1.54, 1.807) is 17.5 Å². The lowest BCUT2D eigenvalue weighted by atomic mass is 10.1. The van der Waals surface area contributed by atoms with Crippen LogP contribution in [0.3, 0.4) is 0 Å². The first-order valence-electron chi connectivity index (χ1n) is 5.43. The summed E-state index contributed by atoms with van der Waals surface area (Å²) < 4.78 is 37.6. The molecule has 0 bridgehead atoms. The summed E-state index contributed by atoms with van der Waals surface area (Å²) in [4.78, 5) is 5.89. The van der Waals surface area contributed by atoms with Gasteiger partial charge in [-0.05, 0) is 18.2 Å². The first kappa shape index (κ1) is 13.7. The van der Waals surface area contributed by atoms with E-state index in [0.29, 0.717) is 12.2 Å². The van der Waals surface area contributed by atoms with E-state index in [1.807, 2.05) is 5.38 Å². The molecule has 0 amide bonds. The van der Waals surface area contributed by atoms with Crippen molar-refractivity contribution in [3.8, 4) is 0 Å². The van der Waals surface area contributed by atoms with Crippen LogP contribution in [0, 0.1) is 0 Å². The van der Waals surface area contributed by atoms with Gasteiger partial charge in [0, 0.05) is 12.4 Å². The second kappa shape index (κ2) is 5.08. The van der Waals surface area contributed by atoms with Crippen LogP contribution in [0.1, 0.15) is 11.3 Å². The number of thiazole rings is 1. The number of benzene rings is 1. The van der Waals surface area contributed by atoms with E-state index in [-0.39, 0.29) is 5.69 Å². The van der Waals surface area contributed by atoms with Gasteiger partial charge in [0.05, 0.1) is 34.7 Å². The van der Waals surface area contributed by atoms with Crippen LogP contribution in [0.15, 0.2) is 29.1 Å². The van der Waals surface area contributed by atoms with Gasteiger partial charge >= 0.3 is 6.18 Å². The minimum Gasteiger partial charge on any atom is -0.397 e. The number of anilines is 2. The van der Waals surface area contributed by atoms with Crippen molar-refractivity contribution in [2.45, 2.75) is 12.7 Å². The third-order valence-corrected chi connectivity index (χ3v) is 3.28. The molecule has 0 unspecified atom stereocenters. The van der Waals surface area contributed by atoms with E-state index in [2.05, 4.69) is 4.98 Å². The van der Waals surface area contributed by atoms with Crippen molar-refractivity contribution < 1.29 is 13.2 Å². The van der Waals surface area contributed by atoms with Crippen molar-refractivity contribution in [3.05, 3.63) is 40.3 Å². The summed E-state index contributed by atoms with van der Waals surface area (Å²) >= 11 is 1.47. The lowest BCUT2D eigenvalue weighted by Gasteiger charge is -2.21. The zero-order chi connectivity index (χ0) is 14.0. The molecule has 2 N–H and O–H groups in total. The molecule has 1 heterocycles. The molecular weight excluding hydrogens is 275 g/mol. The average Bonchev–Trinajstić information content (AvgIpc) is 2.80. The highest BCUT2D eigenvalue weighted by Crippen LogP contribution is 2.34. The van der Waals surface area contributed by atoms with Crippen LogP contribution in [0.4, 0.5) is 24.5 Å². The maximum Gasteiger partial charge on any atom is 0.416 e. The van der Waals surface area contributed by atoms with Gasteiger partial charge in [-0.1, -0.05) is 0 Å². The number of nitrogens with two attached hydrogens (primary N) is 1. The van der Waals surface area contributed by atoms with Gasteiger partial charge in [0.15, 0.2) is 0 Å². The summed E-state index contributed by atoms with van der Waals surface area (Å²) in [5.41, 5.74) is 8.17. The fourth-order valence-electron chi connectivity index (χ4n) is 1.72. The number of rotatable bonds is 3. The van der Waals surface area contributed by atoms with Crippen LogP contribution < -0.4 is 10.6 Å². The van der Waals surface area contributed by atoms with E-state index in [4.69, 9.17) is 5.73 Å². The second-order valence-corrected chi connectivity index (χ2v) is 4.83. The predicted octanol–water partition coefficient (Wildman–Crippen LogP) is 3.38. The molecule has 0 aliphatic heterocycles. The smallest absolute Gasteiger partial charge is 0.397 e. The Hall–Kier alpha value is -1.76. The molecule has 0 fully saturated rings. The van der Waals surface area contributed by atoms with E-state index < -0.39 is 11.7 Å². The molecule has 2 aromatic rings. The summed E-state index contributed by atoms with van der Waals surface area (Å²) in [6.45, 7) is 0.499. The molecule has 19 heavy (non-hydrogen) atoms. The number of halogens is 3. The summed E-state index contributed by atoms with van der Waals surface area (Å²) in [6, 6.07) is 3.36. The minimum absolute atomic E-state index is 0.104. The number of nitrogens with zero attached hydrogens (tertiary/aromatic N) is 2. The maximum atomic E-state index is 12.5. The highest BCUT2D eigenvalue weighted by atomic mass is 32.1. The van der Waals surface area contributed by atoms with Crippen molar-refractivity contribution in [1.29, 1.82) is 0 Å². The summed E-state index contributed by atoms with van der Waals surface area (Å²) in [7, 11) is 1.76. The standard InChI is InChI=1S/C12H12F3N3S/c1-18(5-9-6-19-7-17-9)11-3-2-8(4-10(11)16)12(13,14)15/h2-4,6-7H,5,16H2,1H3. The van der Waals surface area contributed by atoms with E-state index in [9.17, 15) is 13.2 Å². The third kappa shape index (κ3) is 3.17. The minimum atomic E-state index is -4.37. The molecule has 3 nitrogen and oxygen atoms in total. The summed E-state index contributed by atoms with van der Waals surface area (Å²) in [5, 5.41) is 1.89. The molecule has 0 saturated carbocycles. The van der Waals surface area contributed by atoms with Gasteiger partial charge in [0.2, 0.25) is 0 Å². The lowest BCUT2D eigenvalue weighted by molar-refractivity contribution is -0.137. The Kier molecular flexibility index (Phi) is 3.66. The van der Waals surface area contributed by atoms with Crippen molar-refractivity contribution >= 4 is 22.7 Å². The Morgan fingerprint density at radius 2 is 2.11 bits per heavy atom. The first-order chi connectivity index (χ1) is 8.88. The number of hydrogen-bond donors (Lipinski definition) is 1. The molecule has 0 spiro atoms. The van der Waals surface area contributed by atoms with Crippen LogP contribution in [-0.4, -0.2) is 12.0 Å². The Morgan fingerprint density at radius 1 is 1.37 bits per heavy atom. The van der Waals surface area contributed by atoms with Gasteiger partial charge in [0.1, 0.15) is 0 Å². The Balaban J connectivity index is 2.21. The Bertz CT molecular complexity index is 552. The van der Waals surface area contributed by atoms with Crippen LogP contribution in [-0.2, 0) is 12.7 Å². The highest BCUT2D eigenvalue weighted by molar-refractivity contribution is 7.07. The lowest BCUT2D eigenvalue weighted by Crippen LogP contribution is -2.18. The third-order valence-electron chi connectivity index (χ3n) is 2.65. The van der Waals surface area contributed by atoms with Gasteiger partial charge in [-0.2, -0.15) is 13.2 Å². The van der Waals surface area contributed by atoms with Crippen LogP contribution in [0.5, 0.6) is 0 Å². The topological polar surface area (TPSA) is 42.2 Å². The predicted molar refractivity (Wildman–Crippen MR) is 70.1 cm³/mol. The molecule has 0 radical (unpaired) electrons. The van der Waals surface area contributed by atoms with Crippen LogP contribution in [0.25, 0.3) is 0 Å². The zero-order valence-electron chi connectivity index (χ0n) is 10.1. The van der Waals surface area contributed by atoms with Crippen molar-refractivity contribution in [1.82, 2.24) is 4.98 Å². The number of nitrogen functional groups attached to an aromatic ring is 1. The summed E-state index contributed by atoms with van der Waals surface area (Å²) in [5.74, 6) is 0. The quantitative estimate of drug-likeness (QED) is 0.880. The molecular formula is C12H12F3N3S. The van der Waals surface area contributed by atoms with Crippen LogP contribution in [0.2, 0.25) is 0 Å². The first-order valence-corrected chi connectivity index (χ1v) is 6.37. The zero-order valence-corrected chi connectivity index (χ0v) is 10.9. The summed E-state index contributed by atoms with van der Waals surface area (Å²) in [6.07, 6.45) is -4.37. The molecule has 0 aliphatic carbocycles. The average molecular weight is 287 g/mol. The molecule has 1 aromatic carbocycles. The van der Waals surface area contributed by atoms with Gasteiger partial charge in [-0.25, -0.2) is 4.98 Å². The Labute approximate surface area is 112 Å². The molecule has 2 rings (SSSR count). The molecule has 102 valence electrons. The van der Waals surface area contributed by atoms with E-state index in [0.717, 1.165) is 17.8 Å². The SMILES string of the molecule is CN(Cc1cscn1)c1ccc(C(F)(F)F)cc1N. The fourth-order valence-corrected chi connectivity index (χ4v) is 2.27. The van der Waals surface area contributed by atoms with Crippen molar-refractivity contribution in [2.24, 2.45) is 0 Å². The molecule has 7 heteroatoms. The highest BCUT2D eigenvalue weighted by Gasteiger charge is 2.31. The maximum absolute atomic E-state index is 12.5. The van der Waals surface area contributed by atoms with Gasteiger partial charge in [0.25, 0.3) is 0 Å². The molecule has 0 saturated heterocycles. The van der Waals surface area contributed by atoms with Crippen LogP contribution >= 0.6 is 11.3 Å². The van der Waals surface area contributed by atoms with E-state index >= 15 is 0 Å². The monoisotopic (exact) mass is 287 g/mol. The number of aromatic nitrogens is 1. The number of hydrogen-bond acceptors (Lipinski definition) is 4. The van der Waals surface area contributed by atoms with Crippen molar-refractivity contribution in [3.63, 3.8) is 0 Å². The van der Waals surface area contributed by atoms with Gasteiger partial charge in [-0.15, -0.1) is 11.3 Å².